The predicted molar refractivity (Wildman–Crippen MR) is 101 cm³/mol. The highest BCUT2D eigenvalue weighted by Crippen LogP contribution is 2.24. The van der Waals surface area contributed by atoms with E-state index in [1.807, 2.05) is 24.3 Å². The minimum absolute atomic E-state index is 0.176. The van der Waals surface area contributed by atoms with Gasteiger partial charge in [0.25, 0.3) is 5.91 Å². The molecular formula is C20H24N4O. The first-order valence-electron chi connectivity index (χ1n) is 9.18. The number of hydrogen-bond donors (Lipinski definition) is 2. The zero-order chi connectivity index (χ0) is 17.1. The Morgan fingerprint density at radius 2 is 1.76 bits per heavy atom. The summed E-state index contributed by atoms with van der Waals surface area (Å²) < 4.78 is 0. The summed E-state index contributed by atoms with van der Waals surface area (Å²) in [6.07, 6.45) is 6.21. The van der Waals surface area contributed by atoms with Gasteiger partial charge in [0.05, 0.1) is 0 Å². The topological polar surface area (TPSA) is 57.3 Å². The van der Waals surface area contributed by atoms with Crippen LogP contribution in [-0.2, 0) is 0 Å². The maximum absolute atomic E-state index is 12.4. The number of piperidine rings is 1. The van der Waals surface area contributed by atoms with Crippen molar-refractivity contribution in [1.82, 2.24) is 4.98 Å². The van der Waals surface area contributed by atoms with Gasteiger partial charge in [-0.05, 0) is 68.5 Å². The third-order valence-electron chi connectivity index (χ3n) is 4.76. The molecule has 1 aromatic heterocycles. The number of aromatic nitrogens is 1. The Bertz CT molecular complexity index is 734. The van der Waals surface area contributed by atoms with Crippen LogP contribution in [0.2, 0.25) is 0 Å². The minimum Gasteiger partial charge on any atom is -0.372 e. The lowest BCUT2D eigenvalue weighted by atomic mass is 10.1. The zero-order valence-corrected chi connectivity index (χ0v) is 14.4. The van der Waals surface area contributed by atoms with Crippen molar-refractivity contribution < 1.29 is 4.79 Å². The maximum atomic E-state index is 12.4. The highest BCUT2D eigenvalue weighted by Gasteiger charge is 2.21. The Morgan fingerprint density at radius 1 is 1.00 bits per heavy atom. The van der Waals surface area contributed by atoms with Crippen molar-refractivity contribution in [2.75, 3.05) is 28.6 Å². The summed E-state index contributed by atoms with van der Waals surface area (Å²) in [5, 5.41) is 6.26. The number of pyridine rings is 1. The number of anilines is 3. The molecule has 2 aliphatic rings. The van der Waals surface area contributed by atoms with Crippen LogP contribution < -0.4 is 15.5 Å². The average Bonchev–Trinajstić information content (AvgIpc) is 3.47. The normalized spacial score (nSPS) is 17.2. The van der Waals surface area contributed by atoms with Gasteiger partial charge in [0.2, 0.25) is 0 Å². The number of carbonyl (C=O) groups is 1. The lowest BCUT2D eigenvalue weighted by Crippen LogP contribution is -2.29. The van der Waals surface area contributed by atoms with Crippen LogP contribution in [0.25, 0.3) is 0 Å². The van der Waals surface area contributed by atoms with Gasteiger partial charge in [0, 0.05) is 30.5 Å². The molecule has 1 aromatic carbocycles. The maximum Gasteiger partial charge on any atom is 0.274 e. The van der Waals surface area contributed by atoms with Crippen LogP contribution in [0, 0.1) is 0 Å². The summed E-state index contributed by atoms with van der Waals surface area (Å²) in [5.74, 6) is 0.598. The number of carbonyl (C=O) groups excluding carboxylic acids is 1. The van der Waals surface area contributed by atoms with Crippen molar-refractivity contribution in [3.05, 3.63) is 48.2 Å². The first-order valence-corrected chi connectivity index (χ1v) is 9.18. The van der Waals surface area contributed by atoms with Gasteiger partial charge in [0.15, 0.2) is 0 Å². The quantitative estimate of drug-likeness (QED) is 0.869. The Labute approximate surface area is 148 Å². The van der Waals surface area contributed by atoms with Crippen molar-refractivity contribution >= 4 is 23.1 Å². The van der Waals surface area contributed by atoms with Gasteiger partial charge in [-0.25, -0.2) is 4.98 Å². The van der Waals surface area contributed by atoms with E-state index in [4.69, 9.17) is 0 Å². The van der Waals surface area contributed by atoms with Crippen LogP contribution in [0.1, 0.15) is 42.6 Å². The molecule has 1 aliphatic heterocycles. The Hall–Kier alpha value is -2.56. The fraction of sp³-hybridized carbons (Fsp3) is 0.400. The molecule has 2 aromatic rings. The van der Waals surface area contributed by atoms with Crippen LogP contribution in [0.4, 0.5) is 17.2 Å². The predicted octanol–water partition coefficient (Wildman–Crippen LogP) is 3.90. The second-order valence-corrected chi connectivity index (χ2v) is 6.88. The second kappa shape index (κ2) is 7.13. The van der Waals surface area contributed by atoms with Crippen molar-refractivity contribution in [2.24, 2.45) is 0 Å². The average molecular weight is 336 g/mol. The number of rotatable bonds is 5. The summed E-state index contributed by atoms with van der Waals surface area (Å²) in [7, 11) is 0. The number of hydrogen-bond acceptors (Lipinski definition) is 4. The molecule has 130 valence electrons. The third kappa shape index (κ3) is 4.10. The van der Waals surface area contributed by atoms with Gasteiger partial charge in [0.1, 0.15) is 11.5 Å². The minimum atomic E-state index is -0.176. The van der Waals surface area contributed by atoms with E-state index in [-0.39, 0.29) is 5.91 Å². The first kappa shape index (κ1) is 15.9. The van der Waals surface area contributed by atoms with E-state index in [9.17, 15) is 4.79 Å². The fourth-order valence-electron chi connectivity index (χ4n) is 3.18. The Kier molecular flexibility index (Phi) is 4.55. The monoisotopic (exact) mass is 336 g/mol. The molecule has 0 radical (unpaired) electrons. The fourth-order valence-corrected chi connectivity index (χ4v) is 3.18. The molecule has 4 rings (SSSR count). The molecule has 0 bridgehead atoms. The van der Waals surface area contributed by atoms with Crippen molar-refractivity contribution in [2.45, 2.75) is 38.1 Å². The smallest absolute Gasteiger partial charge is 0.274 e. The summed E-state index contributed by atoms with van der Waals surface area (Å²) in [6, 6.07) is 14.1. The summed E-state index contributed by atoms with van der Waals surface area (Å²) >= 11 is 0. The van der Waals surface area contributed by atoms with Crippen LogP contribution in [0.3, 0.4) is 0 Å². The molecule has 1 saturated heterocycles. The van der Waals surface area contributed by atoms with Gasteiger partial charge in [-0.3, -0.25) is 4.79 Å². The molecule has 25 heavy (non-hydrogen) atoms. The number of nitrogens with zero attached hydrogens (tertiary/aromatic N) is 2. The molecule has 0 atom stereocenters. The summed E-state index contributed by atoms with van der Waals surface area (Å²) in [6.45, 7) is 2.24. The van der Waals surface area contributed by atoms with E-state index in [0.717, 1.165) is 24.6 Å². The van der Waals surface area contributed by atoms with Crippen molar-refractivity contribution in [3.63, 3.8) is 0 Å². The molecule has 5 heteroatoms. The molecule has 2 N–H and O–H groups in total. The first-order chi connectivity index (χ1) is 12.3. The van der Waals surface area contributed by atoms with Crippen molar-refractivity contribution in [1.29, 1.82) is 0 Å². The van der Waals surface area contributed by atoms with Crippen molar-refractivity contribution in [3.8, 4) is 0 Å². The van der Waals surface area contributed by atoms with Crippen LogP contribution >= 0.6 is 0 Å². The Balaban J connectivity index is 1.40. The van der Waals surface area contributed by atoms with E-state index >= 15 is 0 Å². The Morgan fingerprint density at radius 3 is 2.48 bits per heavy atom. The molecule has 2 heterocycles. The molecule has 0 unspecified atom stereocenters. The van der Waals surface area contributed by atoms with Crippen LogP contribution in [-0.4, -0.2) is 30.0 Å². The third-order valence-corrected chi connectivity index (χ3v) is 4.76. The van der Waals surface area contributed by atoms with E-state index < -0.39 is 0 Å². The van der Waals surface area contributed by atoms with E-state index in [1.165, 1.54) is 37.8 Å². The molecule has 1 aliphatic carbocycles. The van der Waals surface area contributed by atoms with Gasteiger partial charge >= 0.3 is 0 Å². The molecule has 0 spiro atoms. The highest BCUT2D eigenvalue weighted by molar-refractivity contribution is 6.03. The van der Waals surface area contributed by atoms with Gasteiger partial charge in [-0.1, -0.05) is 6.07 Å². The second-order valence-electron chi connectivity index (χ2n) is 6.88. The van der Waals surface area contributed by atoms with E-state index in [0.29, 0.717) is 11.7 Å². The molecule has 5 nitrogen and oxygen atoms in total. The molecule has 1 amide bonds. The molecule has 2 fully saturated rings. The van der Waals surface area contributed by atoms with Gasteiger partial charge in [-0.2, -0.15) is 0 Å². The molecule has 1 saturated carbocycles. The standard InChI is InChI=1S/C20H24N4O/c25-20(18-5-4-6-19(23-18)21-15-7-8-15)22-16-9-11-17(12-10-16)24-13-2-1-3-14-24/h4-6,9-12,15H,1-3,7-8,13-14H2,(H,21,23)(H,22,25). The molecular weight excluding hydrogens is 312 g/mol. The number of amides is 1. The number of nitrogens with one attached hydrogen (secondary N) is 2. The highest BCUT2D eigenvalue weighted by atomic mass is 16.1. The lowest BCUT2D eigenvalue weighted by molar-refractivity contribution is 0.102. The van der Waals surface area contributed by atoms with Crippen LogP contribution in [0.5, 0.6) is 0 Å². The van der Waals surface area contributed by atoms with Crippen LogP contribution in [0.15, 0.2) is 42.5 Å². The zero-order valence-electron chi connectivity index (χ0n) is 14.4. The summed E-state index contributed by atoms with van der Waals surface area (Å²) in [5.41, 5.74) is 2.46. The van der Waals surface area contributed by atoms with E-state index in [2.05, 4.69) is 32.7 Å². The van der Waals surface area contributed by atoms with Gasteiger partial charge in [-0.15, -0.1) is 0 Å². The lowest BCUT2D eigenvalue weighted by Gasteiger charge is -2.28. The number of benzene rings is 1. The van der Waals surface area contributed by atoms with Gasteiger partial charge < -0.3 is 15.5 Å². The SMILES string of the molecule is O=C(Nc1ccc(N2CCCCC2)cc1)c1cccc(NC2CC2)n1. The van der Waals surface area contributed by atoms with E-state index in [1.54, 1.807) is 6.07 Å². The summed E-state index contributed by atoms with van der Waals surface area (Å²) in [4.78, 5) is 19.3. The largest absolute Gasteiger partial charge is 0.372 e.